The van der Waals surface area contributed by atoms with Gasteiger partial charge in [-0.05, 0) is 52.3 Å². The Labute approximate surface area is 156 Å². The first-order valence-corrected chi connectivity index (χ1v) is 8.14. The van der Waals surface area contributed by atoms with E-state index in [0.717, 1.165) is 21.7 Å². The van der Waals surface area contributed by atoms with Gasteiger partial charge in [-0.25, -0.2) is 9.55 Å². The third-order valence-electron chi connectivity index (χ3n) is 4.91. The zero-order valence-electron chi connectivity index (χ0n) is 20.7. The second-order valence-electron chi connectivity index (χ2n) is 6.68. The number of hydrogen-bond acceptors (Lipinski definition) is 3. The maximum Gasteiger partial charge on any atom is 0.399 e. The lowest BCUT2D eigenvalue weighted by molar-refractivity contribution is -0.654. The summed E-state index contributed by atoms with van der Waals surface area (Å²) >= 11 is 0. The minimum absolute atomic E-state index is 0.00377. The van der Waals surface area contributed by atoms with Crippen LogP contribution in [0.4, 0.5) is 0 Å². The van der Waals surface area contributed by atoms with Crippen molar-refractivity contribution in [2.75, 3.05) is 7.05 Å². The molecule has 0 N–H and O–H groups in total. The summed E-state index contributed by atoms with van der Waals surface area (Å²) in [7, 11) is 3.77. The first kappa shape index (κ1) is 10.4. The predicted molar refractivity (Wildman–Crippen MR) is 102 cm³/mol. The molecule has 1 aliphatic heterocycles. The molecule has 0 bridgehead atoms. The fourth-order valence-corrected chi connectivity index (χ4v) is 3.67. The Morgan fingerprint density at radius 1 is 1.24 bits per heavy atom. The highest BCUT2D eigenvalue weighted by molar-refractivity contribution is 6.85. The molecule has 0 fully saturated rings. The molecule has 4 heterocycles. The van der Waals surface area contributed by atoms with E-state index in [0.29, 0.717) is 22.3 Å². The van der Waals surface area contributed by atoms with Gasteiger partial charge >= 0.3 is 6.85 Å². The molecule has 1 aliphatic rings. The minimum atomic E-state index is -2.31. The molecule has 0 radical (unpaired) electrons. The highest BCUT2D eigenvalue weighted by Gasteiger charge is 2.35. The smallest absolute Gasteiger partial charge is 0.399 e. The molecule has 3 aromatic rings. The van der Waals surface area contributed by atoms with E-state index >= 15 is 0 Å². The van der Waals surface area contributed by atoms with Crippen LogP contribution in [-0.4, -0.2) is 23.7 Å². The summed E-state index contributed by atoms with van der Waals surface area (Å²) in [6, 6.07) is 5.18. The Balaban J connectivity index is 1.94. The number of aryl methyl sites for hydroxylation is 4. The normalized spacial score (nSPS) is 18.6. The Bertz CT molecular complexity index is 1330. The number of fused-ring (bicyclic) bond motifs is 3. The van der Waals surface area contributed by atoms with Gasteiger partial charge in [0, 0.05) is 42.4 Å². The van der Waals surface area contributed by atoms with E-state index < -0.39 is 13.7 Å². The van der Waals surface area contributed by atoms with Crippen LogP contribution in [0.5, 0.6) is 0 Å². The van der Waals surface area contributed by atoms with Crippen molar-refractivity contribution in [2.45, 2.75) is 27.6 Å². The van der Waals surface area contributed by atoms with Gasteiger partial charge in [-0.2, -0.15) is 0 Å². The molecule has 0 atom stereocenters. The highest BCUT2D eigenvalue weighted by atomic mass is 16.3. The Morgan fingerprint density at radius 3 is 2.84 bits per heavy atom. The van der Waals surface area contributed by atoms with Gasteiger partial charge in [0.05, 0.1) is 0 Å². The second-order valence-corrected chi connectivity index (χ2v) is 6.68. The summed E-state index contributed by atoms with van der Waals surface area (Å²) in [6.07, 6.45) is 3.54. The molecular weight excluding hydrogens is 309 g/mol. The van der Waals surface area contributed by atoms with Crippen LogP contribution in [0.2, 0.25) is 0 Å². The van der Waals surface area contributed by atoms with Crippen LogP contribution in [0.15, 0.2) is 28.8 Å². The number of hydrogen-bond donors (Lipinski definition) is 0. The zero-order chi connectivity index (χ0) is 22.9. The van der Waals surface area contributed by atoms with Gasteiger partial charge in [0.25, 0.3) is 0 Å². The van der Waals surface area contributed by atoms with Crippen LogP contribution in [0.1, 0.15) is 32.0 Å². The van der Waals surface area contributed by atoms with E-state index in [2.05, 4.69) is 4.98 Å². The van der Waals surface area contributed by atoms with Crippen LogP contribution in [0, 0.1) is 20.6 Å². The van der Waals surface area contributed by atoms with E-state index in [1.54, 1.807) is 12.3 Å². The predicted octanol–water partition coefficient (Wildman–Crippen LogP) is 0.869. The average molecular weight is 338 g/mol. The number of rotatable bonds is 1. The maximum atomic E-state index is 7.77. The third kappa shape index (κ3) is 2.37. The molecule has 0 aliphatic carbocycles. The molecule has 5 heteroatoms. The number of nitrogens with zero attached hydrogens (tertiary/aromatic N) is 3. The molecular formula is C20H23BN3O+. The highest BCUT2D eigenvalue weighted by Crippen LogP contribution is 2.14. The Morgan fingerprint density at radius 2 is 2.08 bits per heavy atom. The molecule has 3 aromatic heterocycles. The van der Waals surface area contributed by atoms with E-state index in [9.17, 15) is 0 Å². The summed E-state index contributed by atoms with van der Waals surface area (Å²) < 4.78 is 53.9. The van der Waals surface area contributed by atoms with Gasteiger partial charge in [0.15, 0.2) is 17.2 Å². The molecule has 0 spiro atoms. The third-order valence-corrected chi connectivity index (χ3v) is 4.91. The maximum absolute atomic E-state index is 7.77. The molecule has 0 saturated carbocycles. The van der Waals surface area contributed by atoms with Gasteiger partial charge in [-0.1, -0.05) is 5.47 Å². The molecule has 0 aromatic carbocycles. The van der Waals surface area contributed by atoms with E-state index in [-0.39, 0.29) is 12.5 Å². The first-order chi connectivity index (χ1) is 14.3. The number of aromatic nitrogens is 2. The van der Waals surface area contributed by atoms with Crippen molar-refractivity contribution in [1.29, 1.82) is 0 Å². The number of pyridine rings is 2. The summed E-state index contributed by atoms with van der Waals surface area (Å²) in [5, 5.41) is 1.65. The zero-order valence-corrected chi connectivity index (χ0v) is 14.7. The Kier molecular flexibility index (Phi) is 2.29. The van der Waals surface area contributed by atoms with Crippen molar-refractivity contribution >= 4 is 35.2 Å². The topological polar surface area (TPSA) is 33.2 Å². The molecule has 25 heavy (non-hydrogen) atoms. The van der Waals surface area contributed by atoms with E-state index in [4.69, 9.17) is 12.6 Å². The Hall–Kier alpha value is -2.56. The molecule has 4 rings (SSSR count). The van der Waals surface area contributed by atoms with E-state index in [1.165, 1.54) is 6.07 Å². The second kappa shape index (κ2) is 5.48. The van der Waals surface area contributed by atoms with Crippen LogP contribution in [-0.2, 0) is 7.05 Å². The summed E-state index contributed by atoms with van der Waals surface area (Å²) in [6.45, 7) is -0.813. The van der Waals surface area contributed by atoms with Gasteiger partial charge in [-0.3, -0.25) is 0 Å². The van der Waals surface area contributed by atoms with Crippen LogP contribution < -0.4 is 20.8 Å². The largest absolute Gasteiger partial charge is 0.436 e. The van der Waals surface area contributed by atoms with Crippen LogP contribution in [0.3, 0.4) is 0 Å². The molecule has 126 valence electrons. The van der Waals surface area contributed by atoms with Crippen molar-refractivity contribution in [1.82, 2.24) is 9.79 Å². The van der Waals surface area contributed by atoms with E-state index in [1.807, 2.05) is 49.6 Å². The van der Waals surface area contributed by atoms with Gasteiger partial charge in [-0.15, -0.1) is 0 Å². The van der Waals surface area contributed by atoms with Crippen molar-refractivity contribution in [3.63, 3.8) is 0 Å². The van der Waals surface area contributed by atoms with Gasteiger partial charge in [0.2, 0.25) is 5.71 Å². The molecule has 4 nitrogen and oxygen atoms in total. The lowest BCUT2D eigenvalue weighted by Crippen LogP contribution is -2.62. The summed E-state index contributed by atoms with van der Waals surface area (Å²) in [5.74, 6) is 0. The van der Waals surface area contributed by atoms with Crippen LogP contribution >= 0.6 is 0 Å². The van der Waals surface area contributed by atoms with Gasteiger partial charge in [0.1, 0.15) is 7.05 Å². The van der Waals surface area contributed by atoms with Crippen molar-refractivity contribution in [2.24, 2.45) is 7.05 Å². The lowest BCUT2D eigenvalue weighted by Gasteiger charge is -2.24. The molecule has 0 unspecified atom stereocenters. The molecule has 0 amide bonds. The summed E-state index contributed by atoms with van der Waals surface area (Å²) in [4.78, 5) is 6.24. The van der Waals surface area contributed by atoms with Crippen molar-refractivity contribution in [3.8, 4) is 0 Å². The standard InChI is InChI=1S/C20H23BN3O/c1-12-9-18(23(5)10-13(12)2)21-15(4)19-16-8-7-14(3)22-20(16)25-17(19)11-24(21)6/h7-11H,1-6H3/q+1/i2D3,3D3. The lowest BCUT2D eigenvalue weighted by atomic mass is 9.50. The van der Waals surface area contributed by atoms with Gasteiger partial charge < -0.3 is 9.23 Å². The SMILES string of the molecule is [2H]C([2H])([2H])c1ccc2c3c(oc2n1)=CN(C)B(c1cc(C)c(C([2H])([2H])[2H])c[n+]1C)C=3C. The monoisotopic (exact) mass is 338 g/mol. The fraction of sp³-hybridized carbons (Fsp3) is 0.300. The van der Waals surface area contributed by atoms with Crippen molar-refractivity contribution < 1.29 is 17.2 Å². The number of furan rings is 1. The van der Waals surface area contributed by atoms with Crippen molar-refractivity contribution in [3.05, 3.63) is 51.9 Å². The molecule has 0 saturated heterocycles. The fourth-order valence-electron chi connectivity index (χ4n) is 3.67. The first-order valence-electron chi connectivity index (χ1n) is 11.1. The average Bonchev–Trinajstić information content (AvgIpc) is 2.99. The minimum Gasteiger partial charge on any atom is -0.436 e. The van der Waals surface area contributed by atoms with Crippen LogP contribution in [0.25, 0.3) is 22.8 Å². The summed E-state index contributed by atoms with van der Waals surface area (Å²) in [5.41, 5.74) is 3.90. The quantitative estimate of drug-likeness (QED) is 0.488.